The van der Waals surface area contributed by atoms with Crippen molar-refractivity contribution in [3.05, 3.63) is 77.4 Å². The van der Waals surface area contributed by atoms with Crippen LogP contribution in [0.1, 0.15) is 73.3 Å². The lowest BCUT2D eigenvalue weighted by atomic mass is 10.1. The third kappa shape index (κ3) is 7.83. The molecule has 13 nitrogen and oxygen atoms in total. The van der Waals surface area contributed by atoms with Gasteiger partial charge < -0.3 is 36.1 Å². The maximum atomic E-state index is 11.9. The second kappa shape index (κ2) is 13.6. The first kappa shape index (κ1) is 30.0. The van der Waals surface area contributed by atoms with Crippen LogP contribution in [0, 0.1) is 6.92 Å². The maximum Gasteiger partial charge on any atom is 0.239 e. The first-order valence-electron chi connectivity index (χ1n) is 13.8. The molecule has 0 radical (unpaired) electrons. The average Bonchev–Trinajstić information content (AvgIpc) is 3.92. The zero-order chi connectivity index (χ0) is 30.2. The third-order valence-corrected chi connectivity index (χ3v) is 6.82. The van der Waals surface area contributed by atoms with Gasteiger partial charge >= 0.3 is 0 Å². The summed E-state index contributed by atoms with van der Waals surface area (Å²) < 4.78 is 7.67. The highest BCUT2D eigenvalue weighted by Crippen LogP contribution is 2.42. The summed E-state index contributed by atoms with van der Waals surface area (Å²) in [6.07, 6.45) is 13.5. The van der Waals surface area contributed by atoms with E-state index < -0.39 is 6.10 Å². The second-order valence-corrected chi connectivity index (χ2v) is 10.3. The first-order valence-corrected chi connectivity index (χ1v) is 13.8. The Balaban J connectivity index is 0.000000337. The number of rotatable bonds is 12. The second-order valence-electron chi connectivity index (χ2n) is 10.3. The van der Waals surface area contributed by atoms with Gasteiger partial charge in [0.05, 0.1) is 11.4 Å². The molecule has 3 heterocycles. The molecule has 2 fully saturated rings. The molecule has 2 saturated carbocycles. The predicted octanol–water partition coefficient (Wildman–Crippen LogP) is 2.01. The van der Waals surface area contributed by atoms with Crippen LogP contribution in [0.25, 0.3) is 5.65 Å². The minimum atomic E-state index is -0.522. The lowest BCUT2D eigenvalue weighted by Gasteiger charge is -2.18. The smallest absolute Gasteiger partial charge is 0.239 e. The van der Waals surface area contributed by atoms with Gasteiger partial charge in [-0.15, -0.1) is 0 Å². The molecule has 0 aliphatic heterocycles. The van der Waals surface area contributed by atoms with E-state index in [-0.39, 0.29) is 24.0 Å². The topological polar surface area (TPSA) is 183 Å². The number of nitrogens with one attached hydrogen (secondary N) is 2. The number of hydrogen-bond acceptors (Lipinski definition) is 9. The van der Waals surface area contributed by atoms with Crippen LogP contribution in [0.15, 0.2) is 54.6 Å². The first-order chi connectivity index (χ1) is 20.3. The number of likely N-dealkylation sites (N-methyl/N-ethyl adjacent to an activating group) is 1. The summed E-state index contributed by atoms with van der Waals surface area (Å²) in [5, 5.41) is 4.83. The number of carbonyl (C=O) groups excluding carboxylic acids is 3. The fourth-order valence-electron chi connectivity index (χ4n) is 4.24. The van der Waals surface area contributed by atoms with Gasteiger partial charge in [0.15, 0.2) is 5.65 Å². The maximum absolute atomic E-state index is 11.9. The van der Waals surface area contributed by atoms with Gasteiger partial charge in [-0.05, 0) is 63.1 Å². The molecular formula is C29H37N9O4. The molecule has 5 rings (SSSR count). The summed E-state index contributed by atoms with van der Waals surface area (Å²) in [6.45, 7) is 3.67. The zero-order valence-corrected chi connectivity index (χ0v) is 24.0. The van der Waals surface area contributed by atoms with E-state index in [1.54, 1.807) is 6.92 Å². The number of ether oxygens (including phenoxy) is 1. The molecule has 3 amide bonds. The number of amides is 3. The van der Waals surface area contributed by atoms with E-state index in [9.17, 15) is 14.4 Å². The molecule has 0 spiro atoms. The fraction of sp³-hybridized carbons (Fsp3) is 0.379. The van der Waals surface area contributed by atoms with E-state index in [4.69, 9.17) is 16.2 Å². The predicted molar refractivity (Wildman–Crippen MR) is 157 cm³/mol. The van der Waals surface area contributed by atoms with Crippen molar-refractivity contribution in [2.75, 3.05) is 18.5 Å². The number of anilines is 1. The van der Waals surface area contributed by atoms with Crippen molar-refractivity contribution >= 4 is 30.1 Å². The molecule has 2 aliphatic carbocycles. The van der Waals surface area contributed by atoms with Crippen molar-refractivity contribution in [2.45, 2.75) is 57.5 Å². The van der Waals surface area contributed by atoms with Crippen molar-refractivity contribution in [1.82, 2.24) is 30.0 Å². The molecule has 1 unspecified atom stereocenters. The Labute approximate surface area is 244 Å². The monoisotopic (exact) mass is 575 g/mol. The number of aryl methyl sites for hydroxylation is 1. The van der Waals surface area contributed by atoms with Gasteiger partial charge in [0.25, 0.3) is 0 Å². The Bertz CT molecular complexity index is 1490. The van der Waals surface area contributed by atoms with Crippen LogP contribution in [-0.2, 0) is 19.1 Å². The molecule has 6 N–H and O–H groups in total. The van der Waals surface area contributed by atoms with Crippen LogP contribution in [0.2, 0.25) is 0 Å². The lowest BCUT2D eigenvalue weighted by molar-refractivity contribution is -0.120. The lowest BCUT2D eigenvalue weighted by Crippen LogP contribution is -2.35. The highest BCUT2D eigenvalue weighted by atomic mass is 16.5. The Morgan fingerprint density at radius 2 is 1.95 bits per heavy atom. The highest BCUT2D eigenvalue weighted by molar-refractivity contribution is 5.92. The van der Waals surface area contributed by atoms with Crippen molar-refractivity contribution in [2.24, 2.45) is 11.5 Å². The largest absolute Gasteiger partial charge is 0.483 e. The van der Waals surface area contributed by atoms with Gasteiger partial charge in [0, 0.05) is 49.5 Å². The Hall–Kier alpha value is -4.94. The molecule has 0 bridgehead atoms. The van der Waals surface area contributed by atoms with Gasteiger partial charge in [-0.1, -0.05) is 0 Å². The minimum Gasteiger partial charge on any atom is -0.483 e. The number of hydrogen-bond donors (Lipinski definition) is 4. The third-order valence-electron chi connectivity index (χ3n) is 6.82. The van der Waals surface area contributed by atoms with Crippen LogP contribution < -0.4 is 27.0 Å². The van der Waals surface area contributed by atoms with Crippen molar-refractivity contribution < 1.29 is 19.1 Å². The van der Waals surface area contributed by atoms with E-state index in [0.717, 1.165) is 29.9 Å². The van der Waals surface area contributed by atoms with Crippen molar-refractivity contribution in [1.29, 1.82) is 0 Å². The van der Waals surface area contributed by atoms with Gasteiger partial charge in [-0.25, -0.2) is 15.0 Å². The Morgan fingerprint density at radius 3 is 2.55 bits per heavy atom. The summed E-state index contributed by atoms with van der Waals surface area (Å²) in [7, 11) is 1.52. The zero-order valence-electron chi connectivity index (χ0n) is 24.0. The minimum absolute atomic E-state index is 0.0751. The summed E-state index contributed by atoms with van der Waals surface area (Å²) in [4.78, 5) is 48.7. The van der Waals surface area contributed by atoms with Crippen LogP contribution in [0.5, 0.6) is 0 Å². The number of nitrogens with zero attached hydrogens (tertiary/aromatic N) is 5. The molecule has 0 aromatic carbocycles. The Kier molecular flexibility index (Phi) is 9.73. The number of fused-ring (bicyclic) bond motifs is 1. The molecule has 3 aromatic rings. The molecule has 1 atom stereocenters. The number of nitrogens with two attached hydrogens (primary N) is 2. The number of aromatic nitrogens is 4. The summed E-state index contributed by atoms with van der Waals surface area (Å²) in [5.74, 6) is 2.18. The Morgan fingerprint density at radius 1 is 1.21 bits per heavy atom. The van der Waals surface area contributed by atoms with Crippen molar-refractivity contribution in [3.63, 3.8) is 0 Å². The van der Waals surface area contributed by atoms with Gasteiger partial charge in [-0.3, -0.25) is 14.4 Å². The molecular weight excluding hydrogens is 538 g/mol. The summed E-state index contributed by atoms with van der Waals surface area (Å²) in [6, 6.07) is 3.85. The van der Waals surface area contributed by atoms with Gasteiger partial charge in [0.2, 0.25) is 18.7 Å². The van der Waals surface area contributed by atoms with E-state index in [0.29, 0.717) is 41.7 Å². The standard InChI is InChI=1S/C21H27N7O4.C8H10N2/c1-13(32-16(7-22)6-19(23)25-11-29)17-9-27-8-15(14-3-4-14)5-18(21(27)26-17)28(12-30)10-20(31)24-2;1-6-4-5-9-8(10-6)7-2-3-7/h5-9,11-14H,3-4,10,22-23H2,1-2H3,(H,24,31)(H,25,29);4-5,7H,2-3H2,1H3/b16-7+,19-6+;. The molecule has 2 aliphatic rings. The highest BCUT2D eigenvalue weighted by Gasteiger charge is 2.27. The number of allylic oxidation sites excluding steroid dienone is 1. The normalized spacial score (nSPS) is 15.7. The van der Waals surface area contributed by atoms with Gasteiger partial charge in [-0.2, -0.15) is 0 Å². The fourth-order valence-corrected chi connectivity index (χ4v) is 4.24. The van der Waals surface area contributed by atoms with Crippen molar-refractivity contribution in [3.8, 4) is 0 Å². The van der Waals surface area contributed by atoms with Gasteiger partial charge in [0.1, 0.15) is 30.1 Å². The number of pyridine rings is 1. The molecule has 3 aromatic heterocycles. The SMILES string of the molecule is CNC(=O)CN(C=O)c1cc(C2CC2)cn2cc(C(C)OC(/C=C(\N)NC=O)=C/N)nc12.Cc1ccnc(C2CC2)n1. The average molecular weight is 576 g/mol. The van der Waals surface area contributed by atoms with E-state index >= 15 is 0 Å². The van der Waals surface area contributed by atoms with E-state index in [2.05, 4.69) is 25.6 Å². The number of imidazole rings is 1. The summed E-state index contributed by atoms with van der Waals surface area (Å²) in [5.41, 5.74) is 15.1. The number of carbonyl (C=O) groups is 3. The van der Waals surface area contributed by atoms with Crippen LogP contribution >= 0.6 is 0 Å². The molecule has 13 heteroatoms. The molecule has 0 saturated heterocycles. The van der Waals surface area contributed by atoms with Crippen LogP contribution in [0.4, 0.5) is 5.69 Å². The quantitative estimate of drug-likeness (QED) is 0.143. The van der Waals surface area contributed by atoms with E-state index in [1.807, 2.05) is 42.0 Å². The van der Waals surface area contributed by atoms with Crippen LogP contribution in [-0.4, -0.2) is 51.7 Å². The summed E-state index contributed by atoms with van der Waals surface area (Å²) >= 11 is 0. The molecule has 222 valence electrons. The molecule has 42 heavy (non-hydrogen) atoms. The van der Waals surface area contributed by atoms with E-state index in [1.165, 1.54) is 37.1 Å². The van der Waals surface area contributed by atoms with Crippen LogP contribution in [0.3, 0.4) is 0 Å².